The number of carbonyl (C=O) groups is 1. The van der Waals surface area contributed by atoms with E-state index in [9.17, 15) is 14.7 Å². The molecule has 6 heteroatoms. The molecule has 0 aliphatic carbocycles. The number of rotatable bonds is 6. The Labute approximate surface area is 146 Å². The van der Waals surface area contributed by atoms with Crippen LogP contribution in [-0.4, -0.2) is 40.5 Å². The number of aromatic nitrogens is 1. The van der Waals surface area contributed by atoms with E-state index in [4.69, 9.17) is 0 Å². The lowest BCUT2D eigenvalue weighted by Crippen LogP contribution is -2.27. The summed E-state index contributed by atoms with van der Waals surface area (Å²) in [6.45, 7) is 3.64. The zero-order valence-corrected chi connectivity index (χ0v) is 14.1. The van der Waals surface area contributed by atoms with E-state index in [-0.39, 0.29) is 17.2 Å². The number of amides is 1. The summed E-state index contributed by atoms with van der Waals surface area (Å²) in [6.07, 6.45) is 3.28. The highest BCUT2D eigenvalue weighted by molar-refractivity contribution is 5.96. The maximum atomic E-state index is 12.1. The molecule has 0 unspecified atom stereocenters. The fourth-order valence-corrected chi connectivity index (χ4v) is 3.26. The van der Waals surface area contributed by atoms with Gasteiger partial charge in [-0.2, -0.15) is 0 Å². The molecule has 1 aromatic heterocycles. The Bertz CT molecular complexity index is 773. The third-order valence-corrected chi connectivity index (χ3v) is 4.60. The van der Waals surface area contributed by atoms with E-state index in [0.29, 0.717) is 12.5 Å². The Hall–Kier alpha value is -2.60. The van der Waals surface area contributed by atoms with E-state index in [1.54, 1.807) is 0 Å². The second-order valence-corrected chi connectivity index (χ2v) is 6.52. The van der Waals surface area contributed by atoms with Crippen LogP contribution in [0.2, 0.25) is 0 Å². The second-order valence-electron chi connectivity index (χ2n) is 6.52. The first-order valence-electron chi connectivity index (χ1n) is 8.58. The molecule has 1 fully saturated rings. The Morgan fingerprint density at radius 1 is 1.32 bits per heavy atom. The molecular formula is C19H23N3O3. The van der Waals surface area contributed by atoms with Gasteiger partial charge in [0.2, 0.25) is 0 Å². The predicted molar refractivity (Wildman–Crippen MR) is 95.5 cm³/mol. The number of H-pyrrole nitrogens is 1. The van der Waals surface area contributed by atoms with Crippen molar-refractivity contribution in [2.75, 3.05) is 19.6 Å². The Kier molecular flexibility index (Phi) is 5.50. The van der Waals surface area contributed by atoms with Crippen LogP contribution in [0.1, 0.15) is 28.8 Å². The van der Waals surface area contributed by atoms with Crippen molar-refractivity contribution in [1.29, 1.82) is 0 Å². The van der Waals surface area contributed by atoms with Gasteiger partial charge in [0.05, 0.1) is 5.56 Å². The fourth-order valence-electron chi connectivity index (χ4n) is 3.26. The maximum absolute atomic E-state index is 12.1. The van der Waals surface area contributed by atoms with Gasteiger partial charge in [0.25, 0.3) is 11.5 Å². The number of hydrogen-bond acceptors (Lipinski definition) is 4. The van der Waals surface area contributed by atoms with E-state index in [2.05, 4.69) is 39.5 Å². The minimum absolute atomic E-state index is 0.0942. The highest BCUT2D eigenvalue weighted by atomic mass is 16.3. The summed E-state index contributed by atoms with van der Waals surface area (Å²) < 4.78 is 0. The average molecular weight is 341 g/mol. The number of aromatic hydroxyl groups is 1. The first kappa shape index (κ1) is 17.2. The molecule has 6 nitrogen and oxygen atoms in total. The van der Waals surface area contributed by atoms with Gasteiger partial charge in [0.15, 0.2) is 0 Å². The first-order chi connectivity index (χ1) is 12.1. The van der Waals surface area contributed by atoms with Crippen molar-refractivity contribution in [2.45, 2.75) is 19.4 Å². The Balaban J connectivity index is 1.42. The number of nitrogens with one attached hydrogen (secondary N) is 2. The highest BCUT2D eigenvalue weighted by Crippen LogP contribution is 2.21. The number of aromatic amines is 1. The minimum Gasteiger partial charge on any atom is -0.507 e. The molecule has 1 amide bonds. The number of carbonyl (C=O) groups excluding carboxylic acids is 1. The standard InChI is InChI=1S/C19H23N3O3/c23-17-10-18(24)21-11-16(17)19(25)20-8-6-15-7-9-22(13-15)12-14-4-2-1-3-5-14/h1-5,10-11,15H,6-9,12-13H2,(H,20,25)(H2,21,23,24)/t15-/m0/s1. The van der Waals surface area contributed by atoms with Crippen LogP contribution in [0.15, 0.2) is 47.4 Å². The molecule has 3 N–H and O–H groups in total. The zero-order chi connectivity index (χ0) is 17.6. The van der Waals surface area contributed by atoms with Gasteiger partial charge < -0.3 is 15.4 Å². The number of likely N-dealkylation sites (tertiary alicyclic amines) is 1. The van der Waals surface area contributed by atoms with Crippen molar-refractivity contribution in [3.63, 3.8) is 0 Å². The molecule has 132 valence electrons. The SMILES string of the molecule is O=C(NCC[C@H]1CCN(Cc2ccccc2)C1)c1c[nH]c(=O)cc1O. The van der Waals surface area contributed by atoms with E-state index >= 15 is 0 Å². The molecule has 25 heavy (non-hydrogen) atoms. The molecule has 1 saturated heterocycles. The van der Waals surface area contributed by atoms with Crippen molar-refractivity contribution in [2.24, 2.45) is 5.92 Å². The quantitative estimate of drug-likeness (QED) is 0.747. The summed E-state index contributed by atoms with van der Waals surface area (Å²) in [4.78, 5) is 28.0. The molecule has 0 bridgehead atoms. The largest absolute Gasteiger partial charge is 0.507 e. The molecule has 1 aliphatic heterocycles. The zero-order valence-electron chi connectivity index (χ0n) is 14.1. The summed E-state index contributed by atoms with van der Waals surface area (Å²) in [5, 5.41) is 12.5. The lowest BCUT2D eigenvalue weighted by atomic mass is 10.1. The van der Waals surface area contributed by atoms with Gasteiger partial charge in [-0.3, -0.25) is 14.5 Å². The van der Waals surface area contributed by atoms with Gasteiger partial charge in [-0.25, -0.2) is 0 Å². The summed E-state index contributed by atoms with van der Waals surface area (Å²) in [6, 6.07) is 11.4. The maximum Gasteiger partial charge on any atom is 0.256 e. The van der Waals surface area contributed by atoms with Gasteiger partial charge in [0, 0.05) is 31.9 Å². The van der Waals surface area contributed by atoms with Crippen LogP contribution in [0.4, 0.5) is 0 Å². The van der Waals surface area contributed by atoms with Crippen LogP contribution >= 0.6 is 0 Å². The Morgan fingerprint density at radius 3 is 2.88 bits per heavy atom. The average Bonchev–Trinajstić information content (AvgIpc) is 3.03. The lowest BCUT2D eigenvalue weighted by Gasteiger charge is -2.16. The van der Waals surface area contributed by atoms with Gasteiger partial charge in [0.1, 0.15) is 5.75 Å². The van der Waals surface area contributed by atoms with Crippen molar-refractivity contribution < 1.29 is 9.90 Å². The van der Waals surface area contributed by atoms with Crippen LogP contribution in [-0.2, 0) is 6.54 Å². The molecule has 2 heterocycles. The van der Waals surface area contributed by atoms with E-state index < -0.39 is 5.56 Å². The normalized spacial score (nSPS) is 17.5. The molecular weight excluding hydrogens is 318 g/mol. The molecule has 1 aromatic carbocycles. The van der Waals surface area contributed by atoms with Crippen molar-refractivity contribution >= 4 is 5.91 Å². The third kappa shape index (κ3) is 4.70. The molecule has 0 spiro atoms. The molecule has 3 rings (SSSR count). The van der Waals surface area contributed by atoms with Gasteiger partial charge in [-0.1, -0.05) is 30.3 Å². The molecule has 0 saturated carbocycles. The van der Waals surface area contributed by atoms with Crippen molar-refractivity contribution in [1.82, 2.24) is 15.2 Å². The highest BCUT2D eigenvalue weighted by Gasteiger charge is 2.22. The van der Waals surface area contributed by atoms with Gasteiger partial charge >= 0.3 is 0 Å². The van der Waals surface area contributed by atoms with Crippen molar-refractivity contribution in [3.05, 3.63) is 64.1 Å². The van der Waals surface area contributed by atoms with E-state index in [0.717, 1.165) is 38.5 Å². The summed E-state index contributed by atoms with van der Waals surface area (Å²) in [7, 11) is 0. The van der Waals surface area contributed by atoms with Crippen LogP contribution < -0.4 is 10.9 Å². The van der Waals surface area contributed by atoms with Crippen LogP contribution in [0.5, 0.6) is 5.75 Å². The number of nitrogens with zero attached hydrogens (tertiary/aromatic N) is 1. The third-order valence-electron chi connectivity index (χ3n) is 4.60. The first-order valence-corrected chi connectivity index (χ1v) is 8.58. The lowest BCUT2D eigenvalue weighted by molar-refractivity contribution is 0.0948. The van der Waals surface area contributed by atoms with Gasteiger partial charge in [-0.05, 0) is 30.9 Å². The topological polar surface area (TPSA) is 85.4 Å². The summed E-state index contributed by atoms with van der Waals surface area (Å²) >= 11 is 0. The number of benzene rings is 1. The monoisotopic (exact) mass is 341 g/mol. The minimum atomic E-state index is -0.432. The fraction of sp³-hybridized carbons (Fsp3) is 0.368. The molecule has 1 aliphatic rings. The Morgan fingerprint density at radius 2 is 2.12 bits per heavy atom. The molecule has 1 atom stereocenters. The smallest absolute Gasteiger partial charge is 0.256 e. The molecule has 2 aromatic rings. The summed E-state index contributed by atoms with van der Waals surface area (Å²) in [5.41, 5.74) is 0.986. The number of pyridine rings is 1. The molecule has 0 radical (unpaired) electrons. The van der Waals surface area contributed by atoms with Crippen LogP contribution in [0.25, 0.3) is 0 Å². The van der Waals surface area contributed by atoms with Crippen LogP contribution in [0.3, 0.4) is 0 Å². The van der Waals surface area contributed by atoms with Gasteiger partial charge in [-0.15, -0.1) is 0 Å². The van der Waals surface area contributed by atoms with E-state index in [1.165, 1.54) is 11.8 Å². The van der Waals surface area contributed by atoms with Crippen LogP contribution in [0, 0.1) is 5.92 Å². The number of hydrogen-bond donors (Lipinski definition) is 3. The predicted octanol–water partition coefficient (Wildman–Crippen LogP) is 1.72. The van der Waals surface area contributed by atoms with Crippen molar-refractivity contribution in [3.8, 4) is 5.75 Å². The van der Waals surface area contributed by atoms with E-state index in [1.807, 2.05) is 6.07 Å². The second kappa shape index (κ2) is 7.98. The summed E-state index contributed by atoms with van der Waals surface area (Å²) in [5.74, 6) is -0.0998.